The van der Waals surface area contributed by atoms with Crippen LogP contribution in [0.1, 0.15) is 13.8 Å². The summed E-state index contributed by atoms with van der Waals surface area (Å²) in [5.74, 6) is 0.0289. The molecule has 0 rings (SSSR count). The zero-order chi connectivity index (χ0) is 6.57. The fourth-order valence-electron chi connectivity index (χ4n) is 0.287. The van der Waals surface area contributed by atoms with Gasteiger partial charge in [-0.3, -0.25) is 4.79 Å². The lowest BCUT2D eigenvalue weighted by Crippen LogP contribution is -2.05. The zero-order valence-corrected chi connectivity index (χ0v) is 5.22. The van der Waals surface area contributed by atoms with Gasteiger partial charge in [-0.15, -0.1) is 0 Å². The molecule has 0 aromatic carbocycles. The number of hydrogen-bond donors (Lipinski definition) is 1. The Kier molecular flexibility index (Phi) is 2.92. The Bertz CT molecular complexity index is 105. The number of primary amides is 1. The van der Waals surface area contributed by atoms with Crippen LogP contribution >= 0.6 is 0 Å². The first-order valence-corrected chi connectivity index (χ1v) is 2.60. The van der Waals surface area contributed by atoms with Crippen molar-refractivity contribution in [2.75, 3.05) is 0 Å². The van der Waals surface area contributed by atoms with Gasteiger partial charge in [0.05, 0.1) is 0 Å². The first-order valence-electron chi connectivity index (χ1n) is 2.60. The van der Waals surface area contributed by atoms with Crippen molar-refractivity contribution in [3.8, 4) is 0 Å². The summed E-state index contributed by atoms with van der Waals surface area (Å²) >= 11 is 0. The molecule has 0 aliphatic carbocycles. The van der Waals surface area contributed by atoms with E-state index in [0.29, 0.717) is 5.92 Å². The molecule has 2 heteroatoms. The molecule has 0 spiro atoms. The van der Waals surface area contributed by atoms with Gasteiger partial charge in [-0.1, -0.05) is 19.9 Å². The number of amides is 1. The van der Waals surface area contributed by atoms with Gasteiger partial charge in [0.15, 0.2) is 0 Å². The number of hydrogen-bond acceptors (Lipinski definition) is 1. The van der Waals surface area contributed by atoms with Crippen LogP contribution in [-0.4, -0.2) is 5.91 Å². The van der Waals surface area contributed by atoms with E-state index in [9.17, 15) is 4.79 Å². The Balaban J connectivity index is 3.50. The predicted molar refractivity (Wildman–Crippen MR) is 33.2 cm³/mol. The first kappa shape index (κ1) is 7.21. The van der Waals surface area contributed by atoms with Crippen LogP contribution in [0.2, 0.25) is 0 Å². The molecule has 0 atom stereocenters. The van der Waals surface area contributed by atoms with Crippen molar-refractivity contribution in [1.82, 2.24) is 0 Å². The Morgan fingerprint density at radius 2 is 2.12 bits per heavy atom. The number of rotatable bonds is 2. The Hall–Kier alpha value is -0.790. The molecule has 8 heavy (non-hydrogen) atoms. The van der Waals surface area contributed by atoms with Crippen molar-refractivity contribution >= 4 is 5.91 Å². The fraction of sp³-hybridized carbons (Fsp3) is 0.500. The van der Waals surface area contributed by atoms with Gasteiger partial charge < -0.3 is 5.73 Å². The number of allylic oxidation sites excluding steroid dienone is 1. The Labute approximate surface area is 49.4 Å². The van der Waals surface area contributed by atoms with Crippen LogP contribution in [0.5, 0.6) is 0 Å². The van der Waals surface area contributed by atoms with Gasteiger partial charge in [-0.05, 0) is 12.0 Å². The van der Waals surface area contributed by atoms with Crippen LogP contribution in [0.4, 0.5) is 0 Å². The average molecular weight is 113 g/mol. The van der Waals surface area contributed by atoms with E-state index in [-0.39, 0.29) is 5.91 Å². The largest absolute Gasteiger partial charge is 0.366 e. The van der Waals surface area contributed by atoms with Gasteiger partial charge in [0.2, 0.25) is 5.91 Å². The van der Waals surface area contributed by atoms with Gasteiger partial charge in [0.25, 0.3) is 0 Å². The smallest absolute Gasteiger partial charge is 0.241 e. The average Bonchev–Trinajstić information content (AvgIpc) is 1.61. The highest BCUT2D eigenvalue weighted by molar-refractivity contribution is 5.85. The maximum absolute atomic E-state index is 10.0. The highest BCUT2D eigenvalue weighted by atomic mass is 16.1. The van der Waals surface area contributed by atoms with Gasteiger partial charge in [-0.25, -0.2) is 0 Å². The maximum atomic E-state index is 10.0. The molecule has 0 saturated carbocycles. The van der Waals surface area contributed by atoms with E-state index in [1.807, 2.05) is 13.8 Å². The lowest BCUT2D eigenvalue weighted by Gasteiger charge is -1.88. The minimum atomic E-state index is -0.376. The normalized spacial score (nSPS) is 10.9. The Morgan fingerprint density at radius 1 is 1.62 bits per heavy atom. The molecule has 0 fully saturated rings. The molecular formula is C6H11NO. The molecule has 0 radical (unpaired) electrons. The third-order valence-electron chi connectivity index (χ3n) is 0.645. The molecule has 0 unspecified atom stereocenters. The third kappa shape index (κ3) is 5.21. The van der Waals surface area contributed by atoms with Gasteiger partial charge in [0.1, 0.15) is 0 Å². The second kappa shape index (κ2) is 3.24. The summed E-state index contributed by atoms with van der Waals surface area (Å²) in [6.45, 7) is 3.97. The second-order valence-electron chi connectivity index (χ2n) is 2.01. The van der Waals surface area contributed by atoms with Gasteiger partial charge in [0, 0.05) is 0 Å². The van der Waals surface area contributed by atoms with E-state index in [1.165, 1.54) is 6.08 Å². The van der Waals surface area contributed by atoms with Crippen molar-refractivity contribution in [3.05, 3.63) is 12.2 Å². The van der Waals surface area contributed by atoms with E-state index in [2.05, 4.69) is 0 Å². The summed E-state index contributed by atoms with van der Waals surface area (Å²) in [7, 11) is 0. The molecule has 0 bridgehead atoms. The molecule has 0 aromatic rings. The van der Waals surface area contributed by atoms with Crippen molar-refractivity contribution < 1.29 is 4.79 Å². The van der Waals surface area contributed by atoms with E-state index in [0.717, 1.165) is 0 Å². The maximum Gasteiger partial charge on any atom is 0.241 e. The summed E-state index contributed by atoms with van der Waals surface area (Å²) in [5.41, 5.74) is 4.81. The van der Waals surface area contributed by atoms with Crippen LogP contribution in [0.15, 0.2) is 12.2 Å². The lowest BCUT2D eigenvalue weighted by atomic mass is 10.2. The molecule has 2 N–H and O–H groups in total. The summed E-state index contributed by atoms with van der Waals surface area (Å²) in [4.78, 5) is 10.0. The highest BCUT2D eigenvalue weighted by Crippen LogP contribution is 1.91. The third-order valence-corrected chi connectivity index (χ3v) is 0.645. The van der Waals surface area contributed by atoms with E-state index < -0.39 is 0 Å². The summed E-state index contributed by atoms with van der Waals surface area (Å²) in [6, 6.07) is 0. The minimum Gasteiger partial charge on any atom is -0.366 e. The van der Waals surface area contributed by atoms with Gasteiger partial charge in [-0.2, -0.15) is 0 Å². The zero-order valence-electron chi connectivity index (χ0n) is 5.22. The summed E-state index contributed by atoms with van der Waals surface area (Å²) in [6.07, 6.45) is 3.15. The van der Waals surface area contributed by atoms with Crippen molar-refractivity contribution in [2.45, 2.75) is 13.8 Å². The van der Waals surface area contributed by atoms with Crippen LogP contribution < -0.4 is 5.73 Å². The van der Waals surface area contributed by atoms with E-state index in [4.69, 9.17) is 5.73 Å². The molecule has 0 saturated heterocycles. The Morgan fingerprint density at radius 3 is 2.25 bits per heavy atom. The molecule has 0 aliphatic heterocycles. The van der Waals surface area contributed by atoms with Crippen LogP contribution in [-0.2, 0) is 4.79 Å². The van der Waals surface area contributed by atoms with Crippen molar-refractivity contribution in [2.24, 2.45) is 11.7 Å². The van der Waals surface area contributed by atoms with E-state index in [1.54, 1.807) is 6.08 Å². The molecule has 0 aromatic heterocycles. The monoisotopic (exact) mass is 113 g/mol. The molecule has 1 amide bonds. The second-order valence-corrected chi connectivity index (χ2v) is 2.01. The minimum absolute atomic E-state index is 0.376. The quantitative estimate of drug-likeness (QED) is 0.526. The first-order chi connectivity index (χ1) is 3.63. The lowest BCUT2D eigenvalue weighted by molar-refractivity contribution is -0.113. The summed E-state index contributed by atoms with van der Waals surface area (Å²) in [5, 5.41) is 0. The van der Waals surface area contributed by atoms with Crippen molar-refractivity contribution in [3.63, 3.8) is 0 Å². The number of carbonyl (C=O) groups excluding carboxylic acids is 1. The van der Waals surface area contributed by atoms with E-state index >= 15 is 0 Å². The molecule has 0 heterocycles. The standard InChI is InChI=1S/C6H11NO/c1-5(2)3-4-6(7)8/h3-5H,1-2H3,(H2,7,8)/b4-3-. The highest BCUT2D eigenvalue weighted by Gasteiger charge is 1.84. The summed E-state index contributed by atoms with van der Waals surface area (Å²) < 4.78 is 0. The molecule has 0 aliphatic rings. The molecular weight excluding hydrogens is 102 g/mol. The van der Waals surface area contributed by atoms with Crippen LogP contribution in [0.3, 0.4) is 0 Å². The van der Waals surface area contributed by atoms with Gasteiger partial charge >= 0.3 is 0 Å². The number of nitrogens with two attached hydrogens (primary N) is 1. The van der Waals surface area contributed by atoms with Crippen molar-refractivity contribution in [1.29, 1.82) is 0 Å². The number of carbonyl (C=O) groups is 1. The van der Waals surface area contributed by atoms with Crippen LogP contribution in [0.25, 0.3) is 0 Å². The fourth-order valence-corrected chi connectivity index (χ4v) is 0.287. The topological polar surface area (TPSA) is 43.1 Å². The SMILES string of the molecule is CC(C)/C=C\C(N)=O. The predicted octanol–water partition coefficient (Wildman–Crippen LogP) is 0.684. The van der Waals surface area contributed by atoms with Crippen LogP contribution in [0, 0.1) is 5.92 Å². The molecule has 2 nitrogen and oxygen atoms in total. The molecule has 46 valence electrons.